The maximum Gasteiger partial charge on any atom is 0.338 e. The van der Waals surface area contributed by atoms with Gasteiger partial charge < -0.3 is 65.3 Å². The van der Waals surface area contributed by atoms with Crippen molar-refractivity contribution in [2.24, 2.45) is 0 Å². The summed E-state index contributed by atoms with van der Waals surface area (Å²) < 4.78 is 17.8. The van der Waals surface area contributed by atoms with Gasteiger partial charge in [0.2, 0.25) is 11.6 Å². The summed E-state index contributed by atoms with van der Waals surface area (Å²) in [4.78, 5) is 40.4. The van der Waals surface area contributed by atoms with Gasteiger partial charge in [-0.2, -0.15) is 0 Å². The molecule has 3 aliphatic rings. The Labute approximate surface area is 291 Å². The largest absolute Gasteiger partial charge is 0.508 e. The van der Waals surface area contributed by atoms with Gasteiger partial charge in [0.1, 0.15) is 40.6 Å². The molecule has 4 aromatic rings. The molecule has 0 bridgehead atoms. The van der Waals surface area contributed by atoms with E-state index in [0.29, 0.717) is 0 Å². The summed E-state index contributed by atoms with van der Waals surface area (Å²) in [6, 6.07) is 7.02. The molecular weight excluding hydrogens is 688 g/mol. The number of carbonyl (C=O) groups excluding carboxylic acids is 3. The minimum absolute atomic E-state index is 0.0422. The molecule has 0 saturated heterocycles. The van der Waals surface area contributed by atoms with E-state index >= 15 is 0 Å². The molecule has 16 heteroatoms. The predicted molar refractivity (Wildman–Crippen MR) is 173 cm³/mol. The Morgan fingerprint density at radius 1 is 0.673 bits per heavy atom. The number of esters is 1. The van der Waals surface area contributed by atoms with Gasteiger partial charge in [0, 0.05) is 60.2 Å². The molecule has 10 N–H and O–H groups in total. The van der Waals surface area contributed by atoms with Crippen molar-refractivity contribution in [3.8, 4) is 63.2 Å². The SMILES string of the molecule is O=C1CC(C2Oc3cc(O)cc(O)c3CC2OC(=O)c2cc(O)c(O)c(O)c2)=Cc2c([C@H]3Oc4cc(O)cc(O)c4C[C@H]3O)cc(O)c(O)c2C1=O. The van der Waals surface area contributed by atoms with Gasteiger partial charge in [0.25, 0.3) is 0 Å². The summed E-state index contributed by atoms with van der Waals surface area (Å²) in [5.41, 5.74) is -1.20. The zero-order chi connectivity index (χ0) is 37.3. The molecule has 7 rings (SSSR count). The number of aromatic hydroxyl groups is 9. The fraction of sp³-hybridized carbons (Fsp3) is 0.194. The molecule has 0 fully saturated rings. The van der Waals surface area contributed by atoms with E-state index in [1.54, 1.807) is 0 Å². The van der Waals surface area contributed by atoms with Crippen LogP contribution in [-0.2, 0) is 22.4 Å². The fourth-order valence-corrected chi connectivity index (χ4v) is 6.66. The maximum atomic E-state index is 13.6. The number of hydrogen-bond donors (Lipinski definition) is 10. The molecule has 4 aromatic carbocycles. The minimum atomic E-state index is -1.46. The maximum absolute atomic E-state index is 13.6. The molecule has 2 aliphatic heterocycles. The van der Waals surface area contributed by atoms with Crippen LogP contribution in [0.1, 0.15) is 55.5 Å². The van der Waals surface area contributed by atoms with Crippen molar-refractivity contribution in [2.45, 2.75) is 43.7 Å². The number of hydrogen-bond acceptors (Lipinski definition) is 16. The normalized spacial score (nSPS) is 20.7. The first kappa shape index (κ1) is 33.7. The van der Waals surface area contributed by atoms with Gasteiger partial charge in [0.05, 0.1) is 17.2 Å². The van der Waals surface area contributed by atoms with E-state index in [4.69, 9.17) is 14.2 Å². The lowest BCUT2D eigenvalue weighted by molar-refractivity contribution is -0.114. The van der Waals surface area contributed by atoms with E-state index in [2.05, 4.69) is 0 Å². The highest BCUT2D eigenvalue weighted by atomic mass is 16.6. The summed E-state index contributed by atoms with van der Waals surface area (Å²) in [5, 5.41) is 104. The molecule has 1 aliphatic carbocycles. The van der Waals surface area contributed by atoms with Gasteiger partial charge in [0.15, 0.2) is 41.0 Å². The number of benzene rings is 4. The number of Topliss-reactive ketones (excluding diaryl/α,β-unsaturated/α-hetero) is 2. The van der Waals surface area contributed by atoms with Crippen LogP contribution in [0.2, 0.25) is 0 Å². The van der Waals surface area contributed by atoms with Gasteiger partial charge >= 0.3 is 5.97 Å². The monoisotopic (exact) mass is 716 g/mol. The average molecular weight is 717 g/mol. The van der Waals surface area contributed by atoms with E-state index in [0.717, 1.165) is 36.4 Å². The van der Waals surface area contributed by atoms with Crippen molar-refractivity contribution in [2.75, 3.05) is 0 Å². The molecule has 2 unspecified atom stereocenters. The Hall–Kier alpha value is -6.81. The van der Waals surface area contributed by atoms with Crippen molar-refractivity contribution in [1.29, 1.82) is 0 Å². The Balaban J connectivity index is 1.37. The molecule has 4 atom stereocenters. The molecule has 0 saturated carbocycles. The molecule has 0 amide bonds. The first-order valence-electron chi connectivity index (χ1n) is 15.5. The number of phenols is 9. The van der Waals surface area contributed by atoms with Gasteiger partial charge in [-0.3, -0.25) is 9.59 Å². The molecule has 16 nitrogen and oxygen atoms in total. The molecule has 0 spiro atoms. The van der Waals surface area contributed by atoms with E-state index in [1.807, 2.05) is 0 Å². The number of ether oxygens (including phenoxy) is 3. The van der Waals surface area contributed by atoms with Crippen LogP contribution in [0.5, 0.6) is 63.2 Å². The van der Waals surface area contributed by atoms with Crippen molar-refractivity contribution in [1.82, 2.24) is 0 Å². The number of aliphatic hydroxyl groups is 1. The first-order chi connectivity index (χ1) is 24.6. The Kier molecular flexibility index (Phi) is 7.90. The number of carbonyl (C=O) groups is 3. The Bertz CT molecular complexity index is 2230. The summed E-state index contributed by atoms with van der Waals surface area (Å²) in [5.74, 6) is -9.60. The van der Waals surface area contributed by atoms with E-state index < -0.39 is 99.7 Å². The first-order valence-corrected chi connectivity index (χ1v) is 15.5. The molecule has 0 radical (unpaired) electrons. The standard InChI is InChI=1S/C36H28O16/c37-14-5-20(39)18-10-26(45)35(51-27(18)7-14)17-9-25(44)33(48)30-16(17)1-12(2-24(43)32(30)47)34-29(11-19-21(40)6-15(38)8-28(19)50-34)52-36(49)13-3-22(41)31(46)23(42)4-13/h1,3-9,26,29,34-35,37-42,44-46,48H,2,10-11H2/t26-,29?,34?,35-/m1/s1. The Morgan fingerprint density at radius 2 is 1.23 bits per heavy atom. The second kappa shape index (κ2) is 12.2. The summed E-state index contributed by atoms with van der Waals surface area (Å²) in [7, 11) is 0. The number of fused-ring (bicyclic) bond motifs is 3. The second-order valence-corrected chi connectivity index (χ2v) is 12.5. The van der Waals surface area contributed by atoms with Crippen molar-refractivity contribution >= 4 is 23.6 Å². The van der Waals surface area contributed by atoms with Crippen LogP contribution in [-0.4, -0.2) is 86.9 Å². The number of aliphatic hydroxyl groups excluding tert-OH is 1. The summed E-state index contributed by atoms with van der Waals surface area (Å²) in [6.45, 7) is 0. The lowest BCUT2D eigenvalue weighted by Gasteiger charge is -2.35. The molecular formula is C36H28O16. The highest BCUT2D eigenvalue weighted by molar-refractivity contribution is 6.46. The van der Waals surface area contributed by atoms with Crippen LogP contribution in [0.25, 0.3) is 6.08 Å². The van der Waals surface area contributed by atoms with E-state index in [-0.39, 0.29) is 63.7 Å². The third-order valence-electron chi connectivity index (χ3n) is 9.12. The van der Waals surface area contributed by atoms with Crippen LogP contribution >= 0.6 is 0 Å². The fourth-order valence-electron chi connectivity index (χ4n) is 6.66. The van der Waals surface area contributed by atoms with Gasteiger partial charge in [-0.15, -0.1) is 0 Å². The number of rotatable bonds is 4. The minimum Gasteiger partial charge on any atom is -0.508 e. The van der Waals surface area contributed by atoms with Crippen LogP contribution in [0.4, 0.5) is 0 Å². The van der Waals surface area contributed by atoms with Crippen molar-refractivity contribution in [3.63, 3.8) is 0 Å². The number of phenolic OH excluding ortho intramolecular Hbond substituents is 9. The van der Waals surface area contributed by atoms with Crippen LogP contribution < -0.4 is 9.47 Å². The van der Waals surface area contributed by atoms with Crippen LogP contribution in [0.3, 0.4) is 0 Å². The molecule has 2 heterocycles. The summed E-state index contributed by atoms with van der Waals surface area (Å²) >= 11 is 0. The average Bonchev–Trinajstić information content (AvgIpc) is 3.20. The molecule has 268 valence electrons. The van der Waals surface area contributed by atoms with Crippen LogP contribution in [0.15, 0.2) is 48.0 Å². The van der Waals surface area contributed by atoms with Gasteiger partial charge in [-0.25, -0.2) is 4.79 Å². The third-order valence-corrected chi connectivity index (χ3v) is 9.12. The highest BCUT2D eigenvalue weighted by Gasteiger charge is 2.43. The highest BCUT2D eigenvalue weighted by Crippen LogP contribution is 2.48. The number of ketones is 2. The third kappa shape index (κ3) is 5.60. The van der Waals surface area contributed by atoms with Gasteiger partial charge in [-0.1, -0.05) is 6.08 Å². The second-order valence-electron chi connectivity index (χ2n) is 12.5. The lowest BCUT2D eigenvalue weighted by atomic mass is 9.87. The quantitative estimate of drug-likeness (QED) is 0.0825. The lowest BCUT2D eigenvalue weighted by Crippen LogP contribution is -2.42. The zero-order valence-corrected chi connectivity index (χ0v) is 26.5. The van der Waals surface area contributed by atoms with Gasteiger partial charge in [-0.05, 0) is 29.3 Å². The summed E-state index contributed by atoms with van der Waals surface area (Å²) in [6.07, 6.45) is -5.73. The van der Waals surface area contributed by atoms with E-state index in [1.165, 1.54) is 12.1 Å². The Morgan fingerprint density at radius 3 is 1.85 bits per heavy atom. The predicted octanol–water partition coefficient (Wildman–Crippen LogP) is 2.84. The van der Waals surface area contributed by atoms with Crippen LogP contribution in [0, 0.1) is 0 Å². The molecule has 52 heavy (non-hydrogen) atoms. The van der Waals surface area contributed by atoms with Crippen molar-refractivity contribution in [3.05, 3.63) is 81.4 Å². The zero-order valence-electron chi connectivity index (χ0n) is 26.5. The van der Waals surface area contributed by atoms with E-state index in [9.17, 15) is 65.4 Å². The smallest absolute Gasteiger partial charge is 0.338 e. The van der Waals surface area contributed by atoms with Crippen molar-refractivity contribution < 1.29 is 79.7 Å². The molecule has 0 aromatic heterocycles. The topological polar surface area (TPSA) is 281 Å².